The molecule has 0 atom stereocenters. The van der Waals surface area contributed by atoms with E-state index in [1.54, 1.807) is 6.07 Å². The van der Waals surface area contributed by atoms with Gasteiger partial charge in [-0.25, -0.2) is 0 Å². The van der Waals surface area contributed by atoms with E-state index < -0.39 is 0 Å². The lowest BCUT2D eigenvalue weighted by molar-refractivity contribution is -0.665. The van der Waals surface area contributed by atoms with Gasteiger partial charge in [0.15, 0.2) is 5.69 Å². The van der Waals surface area contributed by atoms with Gasteiger partial charge in [-0.05, 0) is 47.9 Å². The maximum atomic E-state index is 8.61. The van der Waals surface area contributed by atoms with Crippen molar-refractivity contribution in [3.63, 3.8) is 0 Å². The van der Waals surface area contributed by atoms with Gasteiger partial charge in [0.25, 0.3) is 0 Å². The second-order valence-corrected chi connectivity index (χ2v) is 6.73. The first-order valence-corrected chi connectivity index (χ1v) is 8.20. The Bertz CT molecular complexity index is 1010. The molecular formula is C22H26N+. The summed E-state index contributed by atoms with van der Waals surface area (Å²) < 4.78 is 26.8. The lowest BCUT2D eigenvalue weighted by atomic mass is 9.95. The van der Waals surface area contributed by atoms with E-state index in [4.69, 9.17) is 4.11 Å². The fourth-order valence-electron chi connectivity index (χ4n) is 3.16. The molecular weight excluding hydrogens is 278 g/mol. The van der Waals surface area contributed by atoms with Crippen LogP contribution >= 0.6 is 0 Å². The van der Waals surface area contributed by atoms with Gasteiger partial charge in [-0.15, -0.1) is 0 Å². The summed E-state index contributed by atoms with van der Waals surface area (Å²) in [5, 5.41) is 1.94. The number of aromatic nitrogens is 1. The fraction of sp³-hybridized carbons (Fsp3) is 0.318. The molecule has 0 saturated heterocycles. The molecule has 2 aromatic carbocycles. The van der Waals surface area contributed by atoms with Crippen LogP contribution in [0.2, 0.25) is 0 Å². The summed E-state index contributed by atoms with van der Waals surface area (Å²) in [6.07, 6.45) is 0.989. The summed E-state index contributed by atoms with van der Waals surface area (Å²) in [6, 6.07) is 11.0. The largest absolute Gasteiger partial charge is 0.220 e. The van der Waals surface area contributed by atoms with Crippen LogP contribution in [0.1, 0.15) is 34.8 Å². The van der Waals surface area contributed by atoms with E-state index in [2.05, 4.69) is 32.0 Å². The average molecular weight is 307 g/mol. The Morgan fingerprint density at radius 2 is 1.96 bits per heavy atom. The molecule has 0 aliphatic carbocycles. The maximum Gasteiger partial charge on any atom is 0.220 e. The lowest BCUT2D eigenvalue weighted by Crippen LogP contribution is -2.35. The predicted octanol–water partition coefficient (Wildman–Crippen LogP) is 5.15. The number of pyridine rings is 1. The normalized spacial score (nSPS) is 13.2. The van der Waals surface area contributed by atoms with E-state index in [0.29, 0.717) is 24.0 Å². The number of rotatable bonds is 3. The molecule has 0 bridgehead atoms. The highest BCUT2D eigenvalue weighted by Crippen LogP contribution is 2.29. The SMILES string of the molecule is [2H]c1cc([2H])c(C)c(-c2c3ccc(CC(C)C)cc3c([2H])c(C)[n+]2C)c1. The van der Waals surface area contributed by atoms with Crippen LogP contribution in [0, 0.1) is 19.8 Å². The number of benzene rings is 2. The Hall–Kier alpha value is -2.15. The molecule has 3 rings (SSSR count). The molecule has 0 amide bonds. The second kappa shape index (κ2) is 6.16. The van der Waals surface area contributed by atoms with Crippen LogP contribution in [0.15, 0.2) is 48.5 Å². The maximum absolute atomic E-state index is 8.61. The molecule has 0 fully saturated rings. The molecule has 0 unspecified atom stereocenters. The second-order valence-electron chi connectivity index (χ2n) is 6.73. The van der Waals surface area contributed by atoms with Crippen LogP contribution in [0.3, 0.4) is 0 Å². The van der Waals surface area contributed by atoms with Crippen molar-refractivity contribution in [3.05, 3.63) is 65.3 Å². The summed E-state index contributed by atoms with van der Waals surface area (Å²) in [4.78, 5) is 0. The standard InChI is InChI=1S/C22H26N/c1-15(2)12-18-10-11-21-19(14-18)13-17(4)23(5)22(21)20-9-7-6-8-16(20)3/h6-11,13-15H,12H2,1-5H3/q+1/i7D,8D,13D. The highest BCUT2D eigenvalue weighted by atomic mass is 14.9. The first-order chi connectivity index (χ1) is 12.2. The van der Waals surface area contributed by atoms with E-state index >= 15 is 0 Å². The Morgan fingerprint density at radius 3 is 2.70 bits per heavy atom. The van der Waals surface area contributed by atoms with Gasteiger partial charge in [-0.3, -0.25) is 0 Å². The van der Waals surface area contributed by atoms with Gasteiger partial charge < -0.3 is 0 Å². The van der Waals surface area contributed by atoms with Crippen molar-refractivity contribution >= 4 is 10.8 Å². The number of nitrogens with zero attached hydrogens (tertiary/aromatic N) is 1. The molecule has 1 nitrogen and oxygen atoms in total. The van der Waals surface area contributed by atoms with Crippen molar-refractivity contribution in [1.82, 2.24) is 0 Å². The zero-order valence-corrected chi connectivity index (χ0v) is 14.6. The molecule has 23 heavy (non-hydrogen) atoms. The van der Waals surface area contributed by atoms with Gasteiger partial charge in [0.05, 0.1) is 9.50 Å². The van der Waals surface area contributed by atoms with Gasteiger partial charge in [0.1, 0.15) is 7.05 Å². The van der Waals surface area contributed by atoms with Crippen molar-refractivity contribution in [3.8, 4) is 11.3 Å². The minimum Gasteiger partial charge on any atom is -0.198 e. The number of hydrogen-bond donors (Lipinski definition) is 0. The Morgan fingerprint density at radius 1 is 1.17 bits per heavy atom. The third-order valence-corrected chi connectivity index (χ3v) is 4.40. The molecule has 0 spiro atoms. The summed E-state index contributed by atoms with van der Waals surface area (Å²) >= 11 is 0. The molecule has 1 heteroatoms. The van der Waals surface area contributed by atoms with Gasteiger partial charge >= 0.3 is 0 Å². The van der Waals surface area contributed by atoms with Crippen LogP contribution in [0.25, 0.3) is 22.0 Å². The fourth-order valence-corrected chi connectivity index (χ4v) is 3.16. The van der Waals surface area contributed by atoms with Crippen LogP contribution in [0.4, 0.5) is 0 Å². The van der Waals surface area contributed by atoms with Crippen LogP contribution in [-0.4, -0.2) is 0 Å². The summed E-state index contributed by atoms with van der Waals surface area (Å²) in [5.74, 6) is 0.565. The quantitative estimate of drug-likeness (QED) is 0.589. The Labute approximate surface area is 143 Å². The van der Waals surface area contributed by atoms with Crippen molar-refractivity contribution in [2.75, 3.05) is 0 Å². The van der Waals surface area contributed by atoms with Crippen molar-refractivity contribution in [1.29, 1.82) is 0 Å². The monoisotopic (exact) mass is 307 g/mol. The van der Waals surface area contributed by atoms with Crippen molar-refractivity contribution in [2.24, 2.45) is 13.0 Å². The third-order valence-electron chi connectivity index (χ3n) is 4.40. The third kappa shape index (κ3) is 3.01. The van der Waals surface area contributed by atoms with E-state index in [1.165, 1.54) is 5.56 Å². The molecule has 118 valence electrons. The first-order valence-electron chi connectivity index (χ1n) is 9.70. The molecule has 3 aromatic rings. The van der Waals surface area contributed by atoms with Crippen LogP contribution in [-0.2, 0) is 13.5 Å². The molecule has 1 heterocycles. The molecule has 0 aliphatic heterocycles. The van der Waals surface area contributed by atoms with E-state index in [9.17, 15) is 0 Å². The summed E-state index contributed by atoms with van der Waals surface area (Å²) in [5.41, 5.74) is 4.86. The molecule has 0 radical (unpaired) electrons. The highest BCUT2D eigenvalue weighted by Gasteiger charge is 2.19. The van der Waals surface area contributed by atoms with Gasteiger partial charge in [-0.1, -0.05) is 44.1 Å². The Kier molecular flexibility index (Phi) is 3.29. The predicted molar refractivity (Wildman–Crippen MR) is 98.6 cm³/mol. The topological polar surface area (TPSA) is 3.88 Å². The minimum absolute atomic E-state index is 0.341. The highest BCUT2D eigenvalue weighted by molar-refractivity contribution is 5.94. The van der Waals surface area contributed by atoms with Crippen molar-refractivity contribution < 1.29 is 8.68 Å². The molecule has 0 aliphatic rings. The van der Waals surface area contributed by atoms with E-state index in [1.807, 2.05) is 31.5 Å². The minimum atomic E-state index is 0.341. The number of fused-ring (bicyclic) bond motifs is 1. The molecule has 0 saturated carbocycles. The zero-order chi connectivity index (χ0) is 19.2. The van der Waals surface area contributed by atoms with Gasteiger partial charge in [0.2, 0.25) is 5.69 Å². The van der Waals surface area contributed by atoms with Gasteiger partial charge in [-0.2, -0.15) is 4.57 Å². The average Bonchev–Trinajstić information content (AvgIpc) is 2.57. The van der Waals surface area contributed by atoms with Crippen LogP contribution < -0.4 is 4.57 Å². The molecule has 0 N–H and O–H groups in total. The van der Waals surface area contributed by atoms with Gasteiger partial charge in [0, 0.05) is 18.5 Å². The van der Waals surface area contributed by atoms with Crippen LogP contribution in [0.5, 0.6) is 0 Å². The van der Waals surface area contributed by atoms with Crippen molar-refractivity contribution in [2.45, 2.75) is 34.1 Å². The summed E-state index contributed by atoms with van der Waals surface area (Å²) in [6.45, 7) is 8.29. The van der Waals surface area contributed by atoms with E-state index in [-0.39, 0.29) is 0 Å². The zero-order valence-electron chi connectivity index (χ0n) is 17.6. The molecule has 1 aromatic heterocycles. The first kappa shape index (κ1) is 12.3. The number of hydrogen-bond acceptors (Lipinski definition) is 0. The van der Waals surface area contributed by atoms with E-state index in [0.717, 1.165) is 39.7 Å². The lowest BCUT2D eigenvalue weighted by Gasteiger charge is -2.11. The Balaban J connectivity index is 2.39. The smallest absolute Gasteiger partial charge is 0.198 e. The summed E-state index contributed by atoms with van der Waals surface area (Å²) in [7, 11) is 1.96.